The molecule has 2 heterocycles. The van der Waals surface area contributed by atoms with Gasteiger partial charge < -0.3 is 29.2 Å². The second-order valence-electron chi connectivity index (χ2n) is 17.0. The molecule has 4 saturated carbocycles. The average molecular weight is 601 g/mol. The summed E-state index contributed by atoms with van der Waals surface area (Å²) in [5.74, 6) is 3.43. The predicted molar refractivity (Wildman–Crippen MR) is 162 cm³/mol. The predicted octanol–water partition coefficient (Wildman–Crippen LogP) is 6.29. The minimum absolute atomic E-state index is 0.0693. The Kier molecular flexibility index (Phi) is 7.04. The lowest BCUT2D eigenvalue weighted by Gasteiger charge is -2.59. The molecule has 0 aromatic rings. The van der Waals surface area contributed by atoms with E-state index in [9.17, 15) is 15.0 Å². The maximum Gasteiger partial charge on any atom is 0.303 e. The zero-order valence-electron chi connectivity index (χ0n) is 27.6. The number of rotatable bonds is 5. The van der Waals surface area contributed by atoms with Crippen LogP contribution in [0.15, 0.2) is 11.3 Å². The molecule has 2 spiro atoms. The number of ether oxygens (including phenoxy) is 4. The van der Waals surface area contributed by atoms with Crippen LogP contribution in [0.3, 0.4) is 0 Å². The van der Waals surface area contributed by atoms with Crippen LogP contribution in [-0.4, -0.2) is 59.1 Å². The van der Waals surface area contributed by atoms with E-state index in [2.05, 4.69) is 27.7 Å². The third-order valence-corrected chi connectivity index (χ3v) is 14.6. The molecule has 0 amide bonds. The SMILES string of the molecule is CC(=O)OC(C1CCC2=C(CC3C4CCC5C(C)(C)C(OC6CC(O)CCO6)CCC56C(C)C46CCC23C)O1)C(C)(C)O. The summed E-state index contributed by atoms with van der Waals surface area (Å²) in [6.07, 6.45) is 9.98. The van der Waals surface area contributed by atoms with Crippen molar-refractivity contribution in [1.82, 2.24) is 0 Å². The lowest BCUT2D eigenvalue weighted by Crippen LogP contribution is -2.55. The maximum atomic E-state index is 11.9. The average Bonchev–Trinajstić information content (AvgIpc) is 3.30. The molecule has 7 nitrogen and oxygen atoms in total. The van der Waals surface area contributed by atoms with Gasteiger partial charge in [-0.1, -0.05) is 27.7 Å². The molecule has 43 heavy (non-hydrogen) atoms. The fourth-order valence-electron chi connectivity index (χ4n) is 12.7. The molecule has 0 radical (unpaired) electrons. The van der Waals surface area contributed by atoms with Crippen molar-refractivity contribution in [3.05, 3.63) is 11.3 Å². The molecule has 7 heteroatoms. The Morgan fingerprint density at radius 2 is 1.79 bits per heavy atom. The summed E-state index contributed by atoms with van der Waals surface area (Å²) in [5.41, 5.74) is 1.38. The fourth-order valence-corrected chi connectivity index (χ4v) is 12.7. The van der Waals surface area contributed by atoms with Gasteiger partial charge in [0.25, 0.3) is 0 Å². The molecule has 0 aromatic carbocycles. The third-order valence-electron chi connectivity index (χ3n) is 14.6. The summed E-state index contributed by atoms with van der Waals surface area (Å²) < 4.78 is 25.0. The Hall–Kier alpha value is -1.15. The van der Waals surface area contributed by atoms with E-state index in [-0.39, 0.29) is 41.4 Å². The lowest BCUT2D eigenvalue weighted by atomic mass is 9.46. The number of hydrogen-bond acceptors (Lipinski definition) is 7. The second-order valence-corrected chi connectivity index (χ2v) is 17.0. The first-order chi connectivity index (χ1) is 20.2. The molecule has 1 saturated heterocycles. The van der Waals surface area contributed by atoms with Crippen LogP contribution in [0.25, 0.3) is 0 Å². The first-order valence-electron chi connectivity index (χ1n) is 17.4. The van der Waals surface area contributed by atoms with E-state index in [1.165, 1.54) is 44.6 Å². The molecule has 5 fully saturated rings. The highest BCUT2D eigenvalue weighted by Gasteiger charge is 2.84. The van der Waals surface area contributed by atoms with Crippen molar-refractivity contribution >= 4 is 5.97 Å². The molecular weight excluding hydrogens is 544 g/mol. The quantitative estimate of drug-likeness (QED) is 0.283. The molecule has 0 bridgehead atoms. The summed E-state index contributed by atoms with van der Waals surface area (Å²) in [4.78, 5) is 11.9. The van der Waals surface area contributed by atoms with Gasteiger partial charge in [0, 0.05) is 19.8 Å². The van der Waals surface area contributed by atoms with Crippen molar-refractivity contribution in [1.29, 1.82) is 0 Å². The number of fused-ring (bicyclic) bond motifs is 3. The van der Waals surface area contributed by atoms with Crippen LogP contribution in [0.5, 0.6) is 0 Å². The first kappa shape index (κ1) is 30.5. The molecule has 7 aliphatic rings. The number of esters is 1. The number of allylic oxidation sites excluding steroid dienone is 2. The van der Waals surface area contributed by atoms with E-state index >= 15 is 0 Å². The van der Waals surface area contributed by atoms with Crippen molar-refractivity contribution in [3.63, 3.8) is 0 Å². The number of aliphatic hydroxyl groups is 2. The summed E-state index contributed by atoms with van der Waals surface area (Å²) in [6.45, 7) is 15.4. The number of carbonyl (C=O) groups is 1. The van der Waals surface area contributed by atoms with E-state index in [0.29, 0.717) is 48.0 Å². The fraction of sp³-hybridized carbons (Fsp3) is 0.917. The largest absolute Gasteiger partial charge is 0.491 e. The van der Waals surface area contributed by atoms with Gasteiger partial charge in [-0.3, -0.25) is 4.79 Å². The standard InChI is InChI=1S/C36H56O7/c1-20-35-16-15-34(7)24-8-10-26(31(33(5,6)39)41-21(2)37)42-27(24)19-25(34)23(35)9-11-28-32(3,4)29(12-14-36(20,28)35)43-30-18-22(38)13-17-40-30/h20,22-23,25-26,28-31,38-39H,8-19H2,1-7H3. The van der Waals surface area contributed by atoms with E-state index in [1.807, 2.05) is 0 Å². The number of carbonyl (C=O) groups excluding carboxylic acids is 1. The molecular formula is C36H56O7. The van der Waals surface area contributed by atoms with Gasteiger partial charge in [0.15, 0.2) is 12.4 Å². The van der Waals surface area contributed by atoms with Crippen molar-refractivity contribution in [3.8, 4) is 0 Å². The molecule has 12 unspecified atom stereocenters. The van der Waals surface area contributed by atoms with Gasteiger partial charge >= 0.3 is 5.97 Å². The van der Waals surface area contributed by atoms with Crippen molar-refractivity contribution < 1.29 is 34.0 Å². The number of aliphatic hydroxyl groups excluding tert-OH is 1. The Labute approximate surface area is 258 Å². The van der Waals surface area contributed by atoms with E-state index in [4.69, 9.17) is 18.9 Å². The molecule has 242 valence electrons. The Morgan fingerprint density at radius 1 is 1.02 bits per heavy atom. The van der Waals surface area contributed by atoms with Crippen molar-refractivity contribution in [2.75, 3.05) is 6.61 Å². The zero-order valence-corrected chi connectivity index (χ0v) is 27.6. The van der Waals surface area contributed by atoms with Gasteiger partial charge in [0.05, 0.1) is 30.2 Å². The van der Waals surface area contributed by atoms with Gasteiger partial charge in [-0.15, -0.1) is 0 Å². The Morgan fingerprint density at radius 3 is 2.49 bits per heavy atom. The van der Waals surface area contributed by atoms with Gasteiger partial charge in [0.1, 0.15) is 6.10 Å². The normalized spacial score (nSPS) is 49.0. The van der Waals surface area contributed by atoms with Crippen LogP contribution in [0.2, 0.25) is 0 Å². The molecule has 5 aliphatic carbocycles. The van der Waals surface area contributed by atoms with Crippen molar-refractivity contribution in [2.45, 2.75) is 155 Å². The lowest BCUT2D eigenvalue weighted by molar-refractivity contribution is -0.248. The molecule has 12 atom stereocenters. The summed E-state index contributed by atoms with van der Waals surface area (Å²) >= 11 is 0. The number of hydrogen-bond donors (Lipinski definition) is 2. The van der Waals surface area contributed by atoms with Crippen LogP contribution >= 0.6 is 0 Å². The maximum absolute atomic E-state index is 11.9. The zero-order chi connectivity index (χ0) is 30.7. The van der Waals surface area contributed by atoms with Crippen LogP contribution in [-0.2, 0) is 23.7 Å². The van der Waals surface area contributed by atoms with E-state index in [1.54, 1.807) is 13.8 Å². The van der Waals surface area contributed by atoms with Gasteiger partial charge in [0.2, 0.25) is 0 Å². The summed E-state index contributed by atoms with van der Waals surface area (Å²) in [6, 6.07) is 0. The Balaban J connectivity index is 1.11. The molecule has 2 N–H and O–H groups in total. The monoisotopic (exact) mass is 600 g/mol. The highest BCUT2D eigenvalue weighted by molar-refractivity contribution is 5.66. The van der Waals surface area contributed by atoms with Crippen LogP contribution in [0.1, 0.15) is 119 Å². The van der Waals surface area contributed by atoms with Gasteiger partial charge in [-0.2, -0.15) is 0 Å². The van der Waals surface area contributed by atoms with Crippen molar-refractivity contribution in [2.24, 2.45) is 45.3 Å². The highest BCUT2D eigenvalue weighted by atomic mass is 16.7. The van der Waals surface area contributed by atoms with Gasteiger partial charge in [-0.25, -0.2) is 0 Å². The second kappa shape index (κ2) is 9.92. The molecule has 0 aromatic heterocycles. The minimum Gasteiger partial charge on any atom is -0.491 e. The smallest absolute Gasteiger partial charge is 0.303 e. The van der Waals surface area contributed by atoms with Crippen LogP contribution in [0.4, 0.5) is 0 Å². The third kappa shape index (κ3) is 4.22. The van der Waals surface area contributed by atoms with Gasteiger partial charge in [-0.05, 0) is 123 Å². The molecule has 7 rings (SSSR count). The van der Waals surface area contributed by atoms with E-state index in [0.717, 1.165) is 37.4 Å². The Bertz CT molecular complexity index is 1170. The van der Waals surface area contributed by atoms with Crippen LogP contribution in [0, 0.1) is 45.3 Å². The minimum atomic E-state index is -1.17. The summed E-state index contributed by atoms with van der Waals surface area (Å²) in [7, 11) is 0. The summed E-state index contributed by atoms with van der Waals surface area (Å²) in [5, 5.41) is 21.1. The molecule has 2 aliphatic heterocycles. The van der Waals surface area contributed by atoms with E-state index < -0.39 is 11.7 Å². The topological polar surface area (TPSA) is 94.5 Å². The first-order valence-corrected chi connectivity index (χ1v) is 17.4. The highest BCUT2D eigenvalue weighted by Crippen LogP contribution is 2.89. The van der Waals surface area contributed by atoms with Crippen LogP contribution < -0.4 is 0 Å².